The average Bonchev–Trinajstić information content (AvgIpc) is 2.72. The van der Waals surface area contributed by atoms with Gasteiger partial charge in [0.15, 0.2) is 0 Å². The lowest BCUT2D eigenvalue weighted by atomic mass is 10.1. The van der Waals surface area contributed by atoms with Crippen molar-refractivity contribution in [1.29, 1.82) is 0 Å². The number of hydrogen-bond donors (Lipinski definition) is 0. The predicted molar refractivity (Wildman–Crippen MR) is 113 cm³/mol. The molecule has 0 spiro atoms. The fourth-order valence-electron chi connectivity index (χ4n) is 2.99. The van der Waals surface area contributed by atoms with Gasteiger partial charge < -0.3 is 9.47 Å². The third kappa shape index (κ3) is 4.68. The molecule has 0 atom stereocenters. The van der Waals surface area contributed by atoms with Crippen LogP contribution in [0.15, 0.2) is 71.6 Å². The van der Waals surface area contributed by atoms with E-state index >= 15 is 0 Å². The molecule has 6 nitrogen and oxygen atoms in total. The summed E-state index contributed by atoms with van der Waals surface area (Å²) in [4.78, 5) is 12.3. The van der Waals surface area contributed by atoms with Gasteiger partial charge in [0.25, 0.3) is 10.0 Å². The largest absolute Gasteiger partial charge is 0.494 e. The van der Waals surface area contributed by atoms with E-state index in [0.717, 1.165) is 15.1 Å². The number of esters is 1. The first-order valence-electron chi connectivity index (χ1n) is 9.35. The molecular weight excluding hydrogens is 390 g/mol. The minimum Gasteiger partial charge on any atom is -0.494 e. The normalized spacial score (nSPS) is 11.2. The first-order valence-corrected chi connectivity index (χ1v) is 10.8. The van der Waals surface area contributed by atoms with Gasteiger partial charge in [-0.25, -0.2) is 8.42 Å². The van der Waals surface area contributed by atoms with E-state index in [9.17, 15) is 13.2 Å². The van der Waals surface area contributed by atoms with E-state index in [-0.39, 0.29) is 11.5 Å². The Kier molecular flexibility index (Phi) is 6.39. The van der Waals surface area contributed by atoms with Crippen LogP contribution in [0.1, 0.15) is 13.8 Å². The highest BCUT2D eigenvalue weighted by Crippen LogP contribution is 2.28. The second-order valence-corrected chi connectivity index (χ2v) is 8.12. The fraction of sp³-hybridized carbons (Fsp3) is 0.227. The smallest absolute Gasteiger partial charge is 0.326 e. The maximum atomic E-state index is 13.5. The van der Waals surface area contributed by atoms with Crippen LogP contribution in [0.4, 0.5) is 5.69 Å². The molecule has 7 heteroatoms. The zero-order valence-corrected chi connectivity index (χ0v) is 17.2. The third-order valence-electron chi connectivity index (χ3n) is 4.30. The van der Waals surface area contributed by atoms with Crippen molar-refractivity contribution in [3.8, 4) is 5.75 Å². The summed E-state index contributed by atoms with van der Waals surface area (Å²) < 4.78 is 38.5. The summed E-state index contributed by atoms with van der Waals surface area (Å²) in [7, 11) is -4.01. The summed E-state index contributed by atoms with van der Waals surface area (Å²) in [5.41, 5.74) is 0.331. The third-order valence-corrected chi connectivity index (χ3v) is 6.07. The first kappa shape index (κ1) is 20.7. The molecule has 152 valence electrons. The molecule has 0 saturated heterocycles. The van der Waals surface area contributed by atoms with Crippen LogP contribution < -0.4 is 9.04 Å². The molecule has 3 aromatic rings. The Morgan fingerprint density at radius 3 is 2.38 bits per heavy atom. The molecule has 3 aromatic carbocycles. The Labute approximate surface area is 170 Å². The van der Waals surface area contributed by atoms with Crippen LogP contribution in [0.2, 0.25) is 0 Å². The Morgan fingerprint density at radius 1 is 0.897 bits per heavy atom. The van der Waals surface area contributed by atoms with E-state index in [1.807, 2.05) is 31.2 Å². The van der Waals surface area contributed by atoms with Gasteiger partial charge in [-0.15, -0.1) is 0 Å². The lowest BCUT2D eigenvalue weighted by molar-refractivity contribution is -0.141. The Balaban J connectivity index is 2.07. The van der Waals surface area contributed by atoms with Crippen LogP contribution in [0.25, 0.3) is 10.8 Å². The van der Waals surface area contributed by atoms with Crippen LogP contribution in [0.5, 0.6) is 5.75 Å². The summed E-state index contributed by atoms with van der Waals surface area (Å²) in [5.74, 6) is -0.105. The van der Waals surface area contributed by atoms with E-state index in [0.29, 0.717) is 18.0 Å². The Bertz CT molecular complexity index is 1110. The minimum atomic E-state index is -4.01. The van der Waals surface area contributed by atoms with Crippen LogP contribution in [-0.2, 0) is 19.6 Å². The van der Waals surface area contributed by atoms with Crippen LogP contribution in [-0.4, -0.2) is 34.1 Å². The van der Waals surface area contributed by atoms with Crippen molar-refractivity contribution < 1.29 is 22.7 Å². The lowest BCUT2D eigenvalue weighted by Crippen LogP contribution is -2.36. The number of hydrogen-bond acceptors (Lipinski definition) is 5. The van der Waals surface area contributed by atoms with Gasteiger partial charge in [0.05, 0.1) is 23.8 Å². The van der Waals surface area contributed by atoms with E-state index < -0.39 is 22.5 Å². The maximum absolute atomic E-state index is 13.5. The van der Waals surface area contributed by atoms with E-state index in [1.165, 1.54) is 0 Å². The van der Waals surface area contributed by atoms with Crippen molar-refractivity contribution in [2.45, 2.75) is 18.7 Å². The highest BCUT2D eigenvalue weighted by Gasteiger charge is 2.28. The average molecular weight is 413 g/mol. The van der Waals surface area contributed by atoms with Gasteiger partial charge in [-0.05, 0) is 48.9 Å². The molecule has 0 aliphatic heterocycles. The van der Waals surface area contributed by atoms with Crippen molar-refractivity contribution in [1.82, 2.24) is 0 Å². The number of rotatable bonds is 8. The molecule has 0 aromatic heterocycles. The van der Waals surface area contributed by atoms with Crippen molar-refractivity contribution in [3.63, 3.8) is 0 Å². The summed E-state index contributed by atoms with van der Waals surface area (Å²) in [6.45, 7) is 3.70. The van der Waals surface area contributed by atoms with Crippen molar-refractivity contribution >= 4 is 32.5 Å². The summed E-state index contributed by atoms with van der Waals surface area (Å²) >= 11 is 0. The van der Waals surface area contributed by atoms with E-state index in [2.05, 4.69) is 0 Å². The number of benzene rings is 3. The van der Waals surface area contributed by atoms with E-state index in [4.69, 9.17) is 9.47 Å². The topological polar surface area (TPSA) is 72.9 Å². The van der Waals surface area contributed by atoms with Gasteiger partial charge in [0.1, 0.15) is 12.3 Å². The molecule has 3 rings (SSSR count). The standard InChI is InChI=1S/C22H23NO5S/c1-3-27-20-11-7-10-19(15-20)23(16-22(24)28-4-2)29(25,26)21-13-12-17-8-5-6-9-18(17)14-21/h5-15H,3-4,16H2,1-2H3. The van der Waals surface area contributed by atoms with Crippen molar-refractivity contribution in [2.75, 3.05) is 24.1 Å². The molecule has 0 amide bonds. The zero-order valence-electron chi connectivity index (χ0n) is 16.4. The van der Waals surface area contributed by atoms with Crippen molar-refractivity contribution in [3.05, 3.63) is 66.7 Å². The van der Waals surface area contributed by atoms with Gasteiger partial charge in [-0.2, -0.15) is 0 Å². The molecule has 0 fully saturated rings. The maximum Gasteiger partial charge on any atom is 0.326 e. The highest BCUT2D eigenvalue weighted by atomic mass is 32.2. The van der Waals surface area contributed by atoms with Gasteiger partial charge in [-0.3, -0.25) is 9.10 Å². The zero-order chi connectivity index (χ0) is 20.9. The molecule has 0 unspecified atom stereocenters. The number of fused-ring (bicyclic) bond motifs is 1. The summed E-state index contributed by atoms with van der Waals surface area (Å²) in [6, 6.07) is 19.0. The molecule has 0 saturated carbocycles. The van der Waals surface area contributed by atoms with Gasteiger partial charge >= 0.3 is 5.97 Å². The second kappa shape index (κ2) is 8.96. The molecule has 0 aliphatic rings. The Hall–Kier alpha value is -3.06. The van der Waals surface area contributed by atoms with Gasteiger partial charge in [-0.1, -0.05) is 36.4 Å². The van der Waals surface area contributed by atoms with E-state index in [1.54, 1.807) is 49.4 Å². The molecule has 0 bridgehead atoms. The molecular formula is C22H23NO5S. The highest BCUT2D eigenvalue weighted by molar-refractivity contribution is 7.92. The minimum absolute atomic E-state index is 0.0994. The summed E-state index contributed by atoms with van der Waals surface area (Å²) in [6.07, 6.45) is 0. The van der Waals surface area contributed by atoms with Gasteiger partial charge in [0.2, 0.25) is 0 Å². The number of carbonyl (C=O) groups is 1. The Morgan fingerprint density at radius 2 is 1.66 bits per heavy atom. The van der Waals surface area contributed by atoms with Crippen LogP contribution >= 0.6 is 0 Å². The second-order valence-electron chi connectivity index (χ2n) is 6.26. The number of nitrogens with zero attached hydrogens (tertiary/aromatic N) is 1. The fourth-order valence-corrected chi connectivity index (χ4v) is 4.43. The molecule has 0 heterocycles. The lowest BCUT2D eigenvalue weighted by Gasteiger charge is -2.24. The van der Waals surface area contributed by atoms with Crippen molar-refractivity contribution in [2.24, 2.45) is 0 Å². The van der Waals surface area contributed by atoms with Crippen LogP contribution in [0.3, 0.4) is 0 Å². The van der Waals surface area contributed by atoms with Gasteiger partial charge in [0, 0.05) is 6.07 Å². The SMILES string of the molecule is CCOC(=O)CN(c1cccc(OCC)c1)S(=O)(=O)c1ccc2ccccc2c1. The number of carbonyl (C=O) groups excluding carboxylic acids is 1. The number of sulfonamides is 1. The quantitative estimate of drug-likeness (QED) is 0.522. The molecule has 0 N–H and O–H groups in total. The number of ether oxygens (including phenoxy) is 2. The van der Waals surface area contributed by atoms with Crippen LogP contribution in [0, 0.1) is 0 Å². The monoisotopic (exact) mass is 413 g/mol. The first-order chi connectivity index (χ1) is 14.0. The predicted octanol–water partition coefficient (Wildman–Crippen LogP) is 4.00. The summed E-state index contributed by atoms with van der Waals surface area (Å²) in [5, 5.41) is 1.73. The number of anilines is 1. The molecule has 0 aliphatic carbocycles. The molecule has 29 heavy (non-hydrogen) atoms. The molecule has 0 radical (unpaired) electrons.